The van der Waals surface area contributed by atoms with Gasteiger partial charge in [0.15, 0.2) is 0 Å². The van der Waals surface area contributed by atoms with Gasteiger partial charge in [0.25, 0.3) is 0 Å². The second kappa shape index (κ2) is 5.98. The molecule has 0 spiro atoms. The Morgan fingerprint density at radius 2 is 1.95 bits per heavy atom. The summed E-state index contributed by atoms with van der Waals surface area (Å²) >= 11 is 11.3. The van der Waals surface area contributed by atoms with Crippen molar-refractivity contribution in [1.29, 1.82) is 5.26 Å². The lowest BCUT2D eigenvalue weighted by Gasteiger charge is -2.10. The Hall–Kier alpha value is -1.67. The number of hydrogen-bond acceptors (Lipinski definition) is 3. The largest absolute Gasteiger partial charge is 0.239 e. The fraction of sp³-hybridized carbons (Fsp3) is 0. The Kier molecular flexibility index (Phi) is 4.07. The molecule has 0 radical (unpaired) electrons. The normalized spacial score (nSPS) is 10.3. The second-order valence-electron chi connectivity index (χ2n) is 4.29. The summed E-state index contributed by atoms with van der Waals surface area (Å²) in [5.41, 5.74) is 2.93. The molecule has 0 saturated heterocycles. The first kappa shape index (κ1) is 14.3. The quantitative estimate of drug-likeness (QED) is 0.533. The summed E-state index contributed by atoms with van der Waals surface area (Å²) in [5, 5.41) is 12.0. The number of pyridine rings is 1. The number of thiophene rings is 1. The van der Waals surface area contributed by atoms with Gasteiger partial charge in [0.2, 0.25) is 0 Å². The van der Waals surface area contributed by atoms with Gasteiger partial charge in [0.1, 0.15) is 10.7 Å². The van der Waals surface area contributed by atoms with Gasteiger partial charge in [0.05, 0.1) is 16.1 Å². The van der Waals surface area contributed by atoms with Gasteiger partial charge >= 0.3 is 0 Å². The van der Waals surface area contributed by atoms with E-state index in [1.807, 2.05) is 47.8 Å². The van der Waals surface area contributed by atoms with Crippen LogP contribution in [-0.2, 0) is 0 Å². The van der Waals surface area contributed by atoms with Crippen molar-refractivity contribution in [2.24, 2.45) is 0 Å². The average Bonchev–Trinajstić information content (AvgIpc) is 3.01. The number of benzene rings is 1. The van der Waals surface area contributed by atoms with Crippen molar-refractivity contribution < 1.29 is 0 Å². The molecule has 0 unspecified atom stereocenters. The molecule has 3 rings (SSSR count). The molecular weight excluding hydrogens is 368 g/mol. The van der Waals surface area contributed by atoms with Gasteiger partial charge < -0.3 is 0 Å². The van der Waals surface area contributed by atoms with Crippen LogP contribution in [0.2, 0.25) is 5.02 Å². The van der Waals surface area contributed by atoms with E-state index >= 15 is 0 Å². The molecule has 0 aliphatic carbocycles. The van der Waals surface area contributed by atoms with Gasteiger partial charge in [-0.1, -0.05) is 35.9 Å². The van der Waals surface area contributed by atoms with Crippen LogP contribution in [0.4, 0.5) is 0 Å². The lowest BCUT2D eigenvalue weighted by molar-refractivity contribution is 1.26. The maximum Gasteiger partial charge on any atom is 0.125 e. The van der Waals surface area contributed by atoms with Crippen molar-refractivity contribution in [2.45, 2.75) is 0 Å². The van der Waals surface area contributed by atoms with Gasteiger partial charge in [-0.2, -0.15) is 5.26 Å². The van der Waals surface area contributed by atoms with E-state index in [-0.39, 0.29) is 0 Å². The number of nitriles is 1. The van der Waals surface area contributed by atoms with E-state index in [2.05, 4.69) is 27.0 Å². The number of hydrogen-bond donors (Lipinski definition) is 0. The van der Waals surface area contributed by atoms with Gasteiger partial charge in [0, 0.05) is 16.1 Å². The summed E-state index contributed by atoms with van der Waals surface area (Å²) in [4.78, 5) is 5.51. The maximum atomic E-state index is 9.41. The average molecular weight is 376 g/mol. The molecule has 0 atom stereocenters. The molecule has 0 amide bonds. The molecule has 0 bridgehead atoms. The van der Waals surface area contributed by atoms with E-state index < -0.39 is 0 Å². The van der Waals surface area contributed by atoms with E-state index in [0.29, 0.717) is 15.2 Å². The molecule has 1 aromatic carbocycles. The van der Waals surface area contributed by atoms with E-state index in [1.165, 1.54) is 0 Å². The summed E-state index contributed by atoms with van der Waals surface area (Å²) in [6.45, 7) is 0. The van der Waals surface area contributed by atoms with Crippen LogP contribution in [0.3, 0.4) is 0 Å². The Morgan fingerprint density at radius 1 is 1.14 bits per heavy atom. The van der Waals surface area contributed by atoms with E-state index in [9.17, 15) is 5.26 Å². The third-order valence-corrected chi connectivity index (χ3v) is 4.82. The molecule has 0 saturated carbocycles. The standard InChI is InChI=1S/C16H8BrClN2S/c17-16-12(9-19)11(10-4-1-2-5-13(10)18)8-14(20-16)15-6-3-7-21-15/h1-8H. The smallest absolute Gasteiger partial charge is 0.125 e. The van der Waals surface area contributed by atoms with Crippen LogP contribution in [0.1, 0.15) is 5.56 Å². The topological polar surface area (TPSA) is 36.7 Å². The summed E-state index contributed by atoms with van der Waals surface area (Å²) < 4.78 is 0.533. The predicted molar refractivity (Wildman–Crippen MR) is 90.4 cm³/mol. The van der Waals surface area contributed by atoms with Crippen molar-refractivity contribution >= 4 is 38.9 Å². The number of rotatable bonds is 2. The van der Waals surface area contributed by atoms with Crippen molar-refractivity contribution in [3.8, 4) is 27.8 Å². The van der Waals surface area contributed by atoms with Gasteiger partial charge in [-0.15, -0.1) is 11.3 Å². The third-order valence-electron chi connectivity index (χ3n) is 3.02. The van der Waals surface area contributed by atoms with Gasteiger partial charge in [-0.05, 0) is 39.5 Å². The molecule has 2 aromatic heterocycles. The third kappa shape index (κ3) is 2.73. The zero-order chi connectivity index (χ0) is 14.8. The lowest BCUT2D eigenvalue weighted by Crippen LogP contribution is -1.93. The highest BCUT2D eigenvalue weighted by Gasteiger charge is 2.15. The Morgan fingerprint density at radius 3 is 2.62 bits per heavy atom. The minimum absolute atomic E-state index is 0.489. The monoisotopic (exact) mass is 374 g/mol. The second-order valence-corrected chi connectivity index (χ2v) is 6.40. The highest BCUT2D eigenvalue weighted by atomic mass is 79.9. The van der Waals surface area contributed by atoms with Crippen LogP contribution in [0.5, 0.6) is 0 Å². The Bertz CT molecular complexity index is 838. The molecule has 0 N–H and O–H groups in total. The molecular formula is C16H8BrClN2S. The Balaban J connectivity index is 2.29. The minimum atomic E-state index is 0.489. The van der Waals surface area contributed by atoms with Gasteiger partial charge in [-0.3, -0.25) is 0 Å². The fourth-order valence-corrected chi connectivity index (χ4v) is 3.48. The van der Waals surface area contributed by atoms with Crippen LogP contribution >= 0.6 is 38.9 Å². The highest BCUT2D eigenvalue weighted by molar-refractivity contribution is 9.10. The van der Waals surface area contributed by atoms with Crippen LogP contribution in [0.15, 0.2) is 52.4 Å². The summed E-state index contributed by atoms with van der Waals surface area (Å²) in [5.74, 6) is 0. The first-order valence-corrected chi connectivity index (χ1v) is 8.15. The van der Waals surface area contributed by atoms with Crippen molar-refractivity contribution in [3.05, 3.63) is 63.0 Å². The first-order chi connectivity index (χ1) is 10.2. The zero-order valence-corrected chi connectivity index (χ0v) is 13.8. The van der Waals surface area contributed by atoms with Crippen LogP contribution in [0, 0.1) is 11.3 Å². The first-order valence-electron chi connectivity index (χ1n) is 6.10. The molecule has 3 aromatic rings. The molecule has 2 heterocycles. The fourth-order valence-electron chi connectivity index (χ4n) is 2.06. The predicted octanol–water partition coefficient (Wildman–Crippen LogP) is 5.76. The van der Waals surface area contributed by atoms with Crippen LogP contribution < -0.4 is 0 Å². The number of nitrogens with zero attached hydrogens (tertiary/aromatic N) is 2. The molecule has 5 heteroatoms. The molecule has 102 valence electrons. The highest BCUT2D eigenvalue weighted by Crippen LogP contribution is 2.36. The van der Waals surface area contributed by atoms with Crippen molar-refractivity contribution in [2.75, 3.05) is 0 Å². The number of halogens is 2. The summed E-state index contributed by atoms with van der Waals surface area (Å²) in [7, 11) is 0. The van der Waals surface area contributed by atoms with Crippen molar-refractivity contribution in [1.82, 2.24) is 4.98 Å². The summed E-state index contributed by atoms with van der Waals surface area (Å²) in [6, 6.07) is 15.6. The van der Waals surface area contributed by atoms with E-state index in [1.54, 1.807) is 11.3 Å². The molecule has 0 aliphatic rings. The van der Waals surface area contributed by atoms with Crippen LogP contribution in [0.25, 0.3) is 21.7 Å². The van der Waals surface area contributed by atoms with E-state index in [0.717, 1.165) is 21.7 Å². The Labute approximate surface area is 139 Å². The molecule has 0 fully saturated rings. The molecule has 2 nitrogen and oxygen atoms in total. The zero-order valence-electron chi connectivity index (χ0n) is 10.7. The lowest BCUT2D eigenvalue weighted by atomic mass is 10.0. The van der Waals surface area contributed by atoms with Crippen molar-refractivity contribution in [3.63, 3.8) is 0 Å². The SMILES string of the molecule is N#Cc1c(-c2ccccc2Cl)cc(-c2cccs2)nc1Br. The number of aromatic nitrogens is 1. The van der Waals surface area contributed by atoms with Gasteiger partial charge in [-0.25, -0.2) is 4.98 Å². The maximum absolute atomic E-state index is 9.41. The van der Waals surface area contributed by atoms with E-state index in [4.69, 9.17) is 11.6 Å². The molecule has 0 aliphatic heterocycles. The molecule has 21 heavy (non-hydrogen) atoms. The van der Waals surface area contributed by atoms with Crippen LogP contribution in [-0.4, -0.2) is 4.98 Å². The minimum Gasteiger partial charge on any atom is -0.239 e. The summed E-state index contributed by atoms with van der Waals surface area (Å²) in [6.07, 6.45) is 0.